The Morgan fingerprint density at radius 1 is 1.41 bits per heavy atom. The van der Waals surface area contributed by atoms with Crippen molar-refractivity contribution in [1.82, 2.24) is 5.32 Å². The number of fused-ring (bicyclic) bond motifs is 1. The molecule has 94 valence electrons. The van der Waals surface area contributed by atoms with Gasteiger partial charge in [0.25, 0.3) is 0 Å². The smallest absolute Gasteiger partial charge is 0.126 e. The van der Waals surface area contributed by atoms with Crippen LogP contribution in [0.25, 0.3) is 0 Å². The lowest BCUT2D eigenvalue weighted by Gasteiger charge is -2.27. The summed E-state index contributed by atoms with van der Waals surface area (Å²) in [6.07, 6.45) is 2.14. The molecule has 0 amide bonds. The molecule has 2 nitrogen and oxygen atoms in total. The third kappa shape index (κ3) is 2.66. The lowest BCUT2D eigenvalue weighted by atomic mass is 9.80. The first kappa shape index (κ1) is 12.9. The number of halogens is 1. The molecule has 0 aliphatic carbocycles. The highest BCUT2D eigenvalue weighted by Crippen LogP contribution is 2.41. The standard InChI is InChI=1S/C14H20BrNO/c1-14(2,5-6-16-3)12-9-11(15)8-10-4-7-17-13(10)12/h8-9,16H,4-7H2,1-3H3. The minimum absolute atomic E-state index is 0.140. The molecule has 0 saturated carbocycles. The Kier molecular flexibility index (Phi) is 3.79. The topological polar surface area (TPSA) is 21.3 Å². The molecule has 2 rings (SSSR count). The lowest BCUT2D eigenvalue weighted by Crippen LogP contribution is -2.24. The number of rotatable bonds is 4. The summed E-state index contributed by atoms with van der Waals surface area (Å²) in [7, 11) is 2.00. The van der Waals surface area contributed by atoms with Crippen LogP contribution in [-0.2, 0) is 11.8 Å². The van der Waals surface area contributed by atoms with E-state index in [1.165, 1.54) is 11.1 Å². The molecule has 3 heteroatoms. The fourth-order valence-corrected chi connectivity index (χ4v) is 2.85. The zero-order chi connectivity index (χ0) is 12.5. The predicted molar refractivity (Wildman–Crippen MR) is 74.9 cm³/mol. The fraction of sp³-hybridized carbons (Fsp3) is 0.571. The summed E-state index contributed by atoms with van der Waals surface area (Å²) in [5.74, 6) is 1.12. The quantitative estimate of drug-likeness (QED) is 0.921. The molecule has 0 fully saturated rings. The van der Waals surface area contributed by atoms with Crippen molar-refractivity contribution in [2.75, 3.05) is 20.2 Å². The third-order valence-electron chi connectivity index (χ3n) is 3.48. The molecule has 1 aliphatic heterocycles. The summed E-state index contributed by atoms with van der Waals surface area (Å²) >= 11 is 3.61. The van der Waals surface area contributed by atoms with Crippen LogP contribution in [-0.4, -0.2) is 20.2 Å². The number of hydrogen-bond acceptors (Lipinski definition) is 2. The second-order valence-electron chi connectivity index (χ2n) is 5.28. The highest BCUT2D eigenvalue weighted by molar-refractivity contribution is 9.10. The zero-order valence-electron chi connectivity index (χ0n) is 10.8. The van der Waals surface area contributed by atoms with Gasteiger partial charge in [0.1, 0.15) is 5.75 Å². The van der Waals surface area contributed by atoms with Gasteiger partial charge in [0.15, 0.2) is 0 Å². The molecular weight excluding hydrogens is 278 g/mol. The summed E-state index contributed by atoms with van der Waals surface area (Å²) in [5.41, 5.74) is 2.81. The largest absolute Gasteiger partial charge is 0.493 e. The first-order valence-electron chi connectivity index (χ1n) is 6.15. The summed E-state index contributed by atoms with van der Waals surface area (Å²) in [4.78, 5) is 0. The van der Waals surface area contributed by atoms with E-state index in [9.17, 15) is 0 Å². The molecule has 1 aromatic rings. The maximum absolute atomic E-state index is 5.81. The number of nitrogens with one attached hydrogen (secondary N) is 1. The second kappa shape index (κ2) is 4.99. The van der Waals surface area contributed by atoms with Gasteiger partial charge in [-0.15, -0.1) is 0 Å². The highest BCUT2D eigenvalue weighted by Gasteiger charge is 2.28. The molecule has 1 N–H and O–H groups in total. The van der Waals surface area contributed by atoms with Crippen LogP contribution in [0.4, 0.5) is 0 Å². The maximum atomic E-state index is 5.81. The van der Waals surface area contributed by atoms with Gasteiger partial charge in [-0.05, 0) is 43.1 Å². The first-order chi connectivity index (χ1) is 8.04. The minimum Gasteiger partial charge on any atom is -0.493 e. The van der Waals surface area contributed by atoms with Gasteiger partial charge < -0.3 is 10.1 Å². The van der Waals surface area contributed by atoms with Crippen LogP contribution in [0.2, 0.25) is 0 Å². The van der Waals surface area contributed by atoms with E-state index < -0.39 is 0 Å². The van der Waals surface area contributed by atoms with Gasteiger partial charge in [-0.25, -0.2) is 0 Å². The second-order valence-corrected chi connectivity index (χ2v) is 6.19. The molecular formula is C14H20BrNO. The molecule has 0 bridgehead atoms. The molecule has 0 aromatic heterocycles. The molecule has 0 radical (unpaired) electrons. The van der Waals surface area contributed by atoms with E-state index in [4.69, 9.17) is 4.74 Å². The van der Waals surface area contributed by atoms with Crippen LogP contribution in [0.1, 0.15) is 31.4 Å². The molecule has 0 unspecified atom stereocenters. The average Bonchev–Trinajstić information content (AvgIpc) is 2.72. The van der Waals surface area contributed by atoms with Gasteiger partial charge in [0, 0.05) is 16.5 Å². The van der Waals surface area contributed by atoms with Crippen molar-refractivity contribution in [1.29, 1.82) is 0 Å². The van der Waals surface area contributed by atoms with Gasteiger partial charge in [-0.2, -0.15) is 0 Å². The molecule has 1 aromatic carbocycles. The molecule has 1 aliphatic rings. The van der Waals surface area contributed by atoms with E-state index in [2.05, 4.69) is 47.2 Å². The van der Waals surface area contributed by atoms with E-state index >= 15 is 0 Å². The summed E-state index contributed by atoms with van der Waals surface area (Å²) in [6, 6.07) is 4.39. The fourth-order valence-electron chi connectivity index (χ4n) is 2.34. The Balaban J connectivity index is 2.37. The summed E-state index contributed by atoms with van der Waals surface area (Å²) in [5, 5.41) is 3.22. The maximum Gasteiger partial charge on any atom is 0.126 e. The zero-order valence-corrected chi connectivity index (χ0v) is 12.4. The Morgan fingerprint density at radius 3 is 2.88 bits per heavy atom. The number of benzene rings is 1. The highest BCUT2D eigenvalue weighted by atomic mass is 79.9. The Bertz CT molecular complexity index is 415. The molecule has 17 heavy (non-hydrogen) atoms. The predicted octanol–water partition coefficient (Wildman–Crippen LogP) is 3.27. The van der Waals surface area contributed by atoms with Crippen molar-refractivity contribution in [3.05, 3.63) is 27.7 Å². The van der Waals surface area contributed by atoms with Gasteiger partial charge >= 0.3 is 0 Å². The Labute approximate surface area is 112 Å². The third-order valence-corrected chi connectivity index (χ3v) is 3.94. The van der Waals surface area contributed by atoms with E-state index in [1.807, 2.05) is 7.05 Å². The molecule has 0 saturated heterocycles. The van der Waals surface area contributed by atoms with Crippen LogP contribution < -0.4 is 10.1 Å². The van der Waals surface area contributed by atoms with Crippen molar-refractivity contribution >= 4 is 15.9 Å². The number of hydrogen-bond donors (Lipinski definition) is 1. The molecule has 1 heterocycles. The average molecular weight is 298 g/mol. The number of ether oxygens (including phenoxy) is 1. The van der Waals surface area contributed by atoms with Gasteiger partial charge in [-0.3, -0.25) is 0 Å². The van der Waals surface area contributed by atoms with E-state index in [0.29, 0.717) is 0 Å². The van der Waals surface area contributed by atoms with E-state index in [1.54, 1.807) is 0 Å². The van der Waals surface area contributed by atoms with Crippen molar-refractivity contribution in [2.45, 2.75) is 32.1 Å². The van der Waals surface area contributed by atoms with Crippen LogP contribution in [0, 0.1) is 0 Å². The molecule has 0 atom stereocenters. The van der Waals surface area contributed by atoms with Gasteiger partial charge in [0.05, 0.1) is 6.61 Å². The van der Waals surface area contributed by atoms with Crippen LogP contribution >= 0.6 is 15.9 Å². The van der Waals surface area contributed by atoms with Crippen LogP contribution in [0.15, 0.2) is 16.6 Å². The normalized spacial score (nSPS) is 14.6. The van der Waals surface area contributed by atoms with Gasteiger partial charge in [0.2, 0.25) is 0 Å². The van der Waals surface area contributed by atoms with E-state index in [0.717, 1.165) is 36.2 Å². The lowest BCUT2D eigenvalue weighted by molar-refractivity contribution is 0.341. The first-order valence-corrected chi connectivity index (χ1v) is 6.94. The SMILES string of the molecule is CNCCC(C)(C)c1cc(Br)cc2c1OCC2. The van der Waals surface area contributed by atoms with Crippen LogP contribution in [0.3, 0.4) is 0 Å². The van der Waals surface area contributed by atoms with Crippen LogP contribution in [0.5, 0.6) is 5.75 Å². The van der Waals surface area contributed by atoms with Crippen molar-refractivity contribution in [2.24, 2.45) is 0 Å². The van der Waals surface area contributed by atoms with Crippen molar-refractivity contribution in [3.8, 4) is 5.75 Å². The minimum atomic E-state index is 0.140. The van der Waals surface area contributed by atoms with E-state index in [-0.39, 0.29) is 5.41 Å². The van der Waals surface area contributed by atoms with Gasteiger partial charge in [-0.1, -0.05) is 29.8 Å². The Morgan fingerprint density at radius 2 is 2.18 bits per heavy atom. The summed E-state index contributed by atoms with van der Waals surface area (Å²) in [6.45, 7) is 6.41. The molecule has 0 spiro atoms. The van der Waals surface area contributed by atoms with Crippen molar-refractivity contribution < 1.29 is 4.74 Å². The monoisotopic (exact) mass is 297 g/mol. The Hall–Kier alpha value is -0.540. The van der Waals surface area contributed by atoms with Crippen molar-refractivity contribution in [3.63, 3.8) is 0 Å². The summed E-state index contributed by atoms with van der Waals surface area (Å²) < 4.78 is 6.97.